The molecule has 3 atom stereocenters. The van der Waals surface area contributed by atoms with Crippen LogP contribution in [0.15, 0.2) is 79.8 Å². The number of fused-ring (bicyclic) bond motifs is 6. The molecule has 2 aliphatic carbocycles. The van der Waals surface area contributed by atoms with E-state index in [-0.39, 0.29) is 12.2 Å². The van der Waals surface area contributed by atoms with Crippen molar-refractivity contribution in [2.75, 3.05) is 7.11 Å². The number of nitrogens with zero attached hydrogens (tertiary/aromatic N) is 4. The second kappa shape index (κ2) is 15.4. The van der Waals surface area contributed by atoms with Gasteiger partial charge in [0, 0.05) is 43.1 Å². The quantitative estimate of drug-likeness (QED) is 0.182. The maximum atomic E-state index is 10.7. The number of aliphatic hydroxyl groups is 3. The van der Waals surface area contributed by atoms with Crippen LogP contribution < -0.4 is 0 Å². The van der Waals surface area contributed by atoms with Gasteiger partial charge < -0.3 is 24.3 Å². The lowest BCUT2D eigenvalue weighted by Gasteiger charge is -2.32. The van der Waals surface area contributed by atoms with Crippen molar-refractivity contribution in [3.05, 3.63) is 90.9 Å². The molecule has 3 N–H and O–H groups in total. The summed E-state index contributed by atoms with van der Waals surface area (Å²) in [5.41, 5.74) is 6.22. The molecule has 1 aliphatic heterocycles. The Balaban J connectivity index is 0.000000153. The number of aliphatic hydroxyl groups excluding tert-OH is 3. The molecule has 244 valence electrons. The van der Waals surface area contributed by atoms with E-state index in [1.165, 1.54) is 97.4 Å². The lowest BCUT2D eigenvalue weighted by molar-refractivity contribution is 0.0688. The number of pyridine rings is 1. The van der Waals surface area contributed by atoms with E-state index in [1.807, 2.05) is 25.0 Å². The molecule has 0 radical (unpaired) electrons. The van der Waals surface area contributed by atoms with Gasteiger partial charge in [0.1, 0.15) is 0 Å². The van der Waals surface area contributed by atoms with E-state index in [1.54, 1.807) is 0 Å². The molecule has 8 rings (SSSR count). The van der Waals surface area contributed by atoms with Gasteiger partial charge in [0.2, 0.25) is 0 Å². The Bertz CT molecular complexity index is 1680. The topological polar surface area (TPSA) is 95.8 Å². The molecular weight excluding hydrogens is 572 g/mol. The first-order chi connectivity index (χ1) is 22.7. The molecule has 0 bridgehead atoms. The van der Waals surface area contributed by atoms with Gasteiger partial charge in [-0.15, -0.1) is 0 Å². The van der Waals surface area contributed by atoms with Crippen LogP contribution in [0.4, 0.5) is 0 Å². The van der Waals surface area contributed by atoms with Crippen LogP contribution in [0.5, 0.6) is 0 Å². The van der Waals surface area contributed by atoms with E-state index in [9.17, 15) is 10.2 Å². The van der Waals surface area contributed by atoms with Crippen molar-refractivity contribution in [1.82, 2.24) is 18.9 Å². The molecule has 5 aromatic rings. The Morgan fingerprint density at radius 3 is 2.11 bits per heavy atom. The maximum absolute atomic E-state index is 10.7. The van der Waals surface area contributed by atoms with Crippen molar-refractivity contribution in [1.29, 1.82) is 0 Å². The Morgan fingerprint density at radius 2 is 1.37 bits per heavy atom. The molecule has 3 aliphatic rings. The Morgan fingerprint density at radius 1 is 0.739 bits per heavy atom. The minimum absolute atomic E-state index is 0.163. The first kappa shape index (κ1) is 32.4. The lowest BCUT2D eigenvalue weighted by Crippen LogP contribution is -2.27. The van der Waals surface area contributed by atoms with Crippen LogP contribution in [-0.4, -0.2) is 53.6 Å². The molecule has 3 unspecified atom stereocenters. The van der Waals surface area contributed by atoms with Crippen molar-refractivity contribution in [2.24, 2.45) is 11.8 Å². The fourth-order valence-electron chi connectivity index (χ4n) is 8.23. The van der Waals surface area contributed by atoms with E-state index in [0.29, 0.717) is 17.8 Å². The smallest absolute Gasteiger partial charge is 0.0992 e. The number of rotatable bonds is 6. The summed E-state index contributed by atoms with van der Waals surface area (Å²) in [4.78, 5) is 8.57. The predicted octanol–water partition coefficient (Wildman–Crippen LogP) is 7.56. The van der Waals surface area contributed by atoms with Gasteiger partial charge in [0.25, 0.3) is 0 Å². The predicted molar refractivity (Wildman–Crippen MR) is 185 cm³/mol. The SMILES string of the molecule is CO.OC(CC1Cn2cncc2-c2ccccc21)C1CCCCC1.OC(Cc1cn2cncc2c2ccccc12)C1CCCCC1. The van der Waals surface area contributed by atoms with E-state index in [0.717, 1.165) is 32.0 Å². The second-order valence-corrected chi connectivity index (χ2v) is 13.5. The molecule has 46 heavy (non-hydrogen) atoms. The minimum Gasteiger partial charge on any atom is -0.400 e. The Kier molecular flexibility index (Phi) is 10.8. The zero-order chi connectivity index (χ0) is 31.9. The molecule has 3 aromatic heterocycles. The molecule has 2 aromatic carbocycles. The lowest BCUT2D eigenvalue weighted by atomic mass is 9.79. The summed E-state index contributed by atoms with van der Waals surface area (Å²) in [6.07, 6.45) is 23.5. The van der Waals surface area contributed by atoms with Gasteiger partial charge in [-0.2, -0.15) is 0 Å². The molecule has 2 saturated carbocycles. The van der Waals surface area contributed by atoms with Crippen molar-refractivity contribution in [3.8, 4) is 11.3 Å². The molecular formula is C39H50N4O3. The average Bonchev–Trinajstić information content (AvgIpc) is 3.81. The van der Waals surface area contributed by atoms with Crippen LogP contribution in [0.2, 0.25) is 0 Å². The van der Waals surface area contributed by atoms with Crippen LogP contribution in [0.25, 0.3) is 27.5 Å². The summed E-state index contributed by atoms with van der Waals surface area (Å²) in [6, 6.07) is 17.1. The minimum atomic E-state index is -0.232. The monoisotopic (exact) mass is 622 g/mol. The molecule has 0 amide bonds. The third-order valence-corrected chi connectivity index (χ3v) is 10.7. The molecule has 4 heterocycles. The van der Waals surface area contributed by atoms with Crippen LogP contribution in [0, 0.1) is 11.8 Å². The summed E-state index contributed by atoms with van der Waals surface area (Å²) in [6.45, 7) is 0.941. The van der Waals surface area contributed by atoms with Gasteiger partial charge >= 0.3 is 0 Å². The fourth-order valence-corrected chi connectivity index (χ4v) is 8.23. The third kappa shape index (κ3) is 7.07. The Labute approximate surface area is 273 Å². The van der Waals surface area contributed by atoms with Gasteiger partial charge in [0.05, 0.1) is 48.5 Å². The van der Waals surface area contributed by atoms with Gasteiger partial charge in [-0.05, 0) is 60.5 Å². The average molecular weight is 623 g/mol. The van der Waals surface area contributed by atoms with Crippen LogP contribution >= 0.6 is 0 Å². The summed E-state index contributed by atoms with van der Waals surface area (Å²) in [5.74, 6) is 1.37. The molecule has 2 fully saturated rings. The number of hydrogen-bond acceptors (Lipinski definition) is 5. The highest BCUT2D eigenvalue weighted by Crippen LogP contribution is 2.40. The highest BCUT2D eigenvalue weighted by Gasteiger charge is 2.30. The number of hydrogen-bond donors (Lipinski definition) is 3. The van der Waals surface area contributed by atoms with Gasteiger partial charge in [-0.1, -0.05) is 87.1 Å². The fraction of sp³-hybridized carbons (Fsp3) is 0.487. The molecule has 7 heteroatoms. The highest BCUT2D eigenvalue weighted by molar-refractivity contribution is 5.97. The summed E-state index contributed by atoms with van der Waals surface area (Å²) in [7, 11) is 1.00. The molecule has 0 saturated heterocycles. The van der Waals surface area contributed by atoms with Gasteiger partial charge in [-0.3, -0.25) is 0 Å². The van der Waals surface area contributed by atoms with Crippen LogP contribution in [-0.2, 0) is 13.0 Å². The van der Waals surface area contributed by atoms with Crippen molar-refractivity contribution < 1.29 is 15.3 Å². The second-order valence-electron chi connectivity index (χ2n) is 13.5. The first-order valence-corrected chi connectivity index (χ1v) is 17.4. The van der Waals surface area contributed by atoms with Crippen molar-refractivity contribution in [3.63, 3.8) is 0 Å². The summed E-state index contributed by atoms with van der Waals surface area (Å²) in [5, 5.41) is 30.9. The van der Waals surface area contributed by atoms with Gasteiger partial charge in [-0.25, -0.2) is 9.97 Å². The zero-order valence-electron chi connectivity index (χ0n) is 27.2. The van der Waals surface area contributed by atoms with Crippen molar-refractivity contribution in [2.45, 2.75) is 102 Å². The van der Waals surface area contributed by atoms with Crippen LogP contribution in [0.3, 0.4) is 0 Å². The van der Waals surface area contributed by atoms with E-state index < -0.39 is 0 Å². The number of imidazole rings is 2. The van der Waals surface area contributed by atoms with E-state index >= 15 is 0 Å². The first-order valence-electron chi connectivity index (χ1n) is 17.4. The normalized spacial score (nSPS) is 19.7. The molecule has 7 nitrogen and oxygen atoms in total. The third-order valence-electron chi connectivity index (χ3n) is 10.7. The standard InChI is InChI=1S/C19H24N2O.C19H22N2O.CH4O/c2*22-19(14-6-2-1-3-7-14)10-15-12-21-13-20-11-18(21)17-9-5-4-8-16(15)17;1-2/h4-5,8-9,11,13-15,19,22H,1-3,6-7,10,12H2;4-5,8-9,11-14,19,22H,1-3,6-7,10H2;2H,1H3. The Hall–Kier alpha value is -3.52. The maximum Gasteiger partial charge on any atom is 0.0992 e. The number of benzene rings is 2. The van der Waals surface area contributed by atoms with E-state index in [2.05, 4.69) is 73.7 Å². The van der Waals surface area contributed by atoms with Crippen LogP contribution in [0.1, 0.15) is 87.7 Å². The van der Waals surface area contributed by atoms with Gasteiger partial charge in [0.15, 0.2) is 0 Å². The molecule has 0 spiro atoms. The summed E-state index contributed by atoms with van der Waals surface area (Å²) >= 11 is 0. The van der Waals surface area contributed by atoms with Crippen molar-refractivity contribution >= 4 is 16.3 Å². The highest BCUT2D eigenvalue weighted by atomic mass is 16.3. The summed E-state index contributed by atoms with van der Waals surface area (Å²) < 4.78 is 4.31. The van der Waals surface area contributed by atoms with E-state index in [4.69, 9.17) is 5.11 Å². The number of aromatic nitrogens is 4. The zero-order valence-corrected chi connectivity index (χ0v) is 27.2. The largest absolute Gasteiger partial charge is 0.400 e.